The highest BCUT2D eigenvalue weighted by molar-refractivity contribution is 9.10. The van der Waals surface area contributed by atoms with Gasteiger partial charge in [-0.1, -0.05) is 15.9 Å². The Labute approximate surface area is 87.4 Å². The monoisotopic (exact) mass is 244 g/mol. The van der Waals surface area contributed by atoms with Crippen LogP contribution < -0.4 is 10.1 Å². The van der Waals surface area contributed by atoms with Gasteiger partial charge in [-0.25, -0.2) is 0 Å². The third kappa shape index (κ3) is 4.29. The summed E-state index contributed by atoms with van der Waals surface area (Å²) in [4.78, 5) is 0. The minimum absolute atomic E-state index is 0.773. The van der Waals surface area contributed by atoms with Crippen molar-refractivity contribution < 1.29 is 10.1 Å². The molecule has 0 aliphatic heterocycles. The molecule has 0 spiro atoms. The van der Waals surface area contributed by atoms with Gasteiger partial charge in [-0.2, -0.15) is 0 Å². The first-order valence-corrected chi connectivity index (χ1v) is 5.32. The van der Waals surface area contributed by atoms with Crippen LogP contribution in [0.4, 0.5) is 0 Å². The number of hydrogen-bond donors (Lipinski definition) is 1. The van der Waals surface area contributed by atoms with Crippen molar-refractivity contribution in [3.63, 3.8) is 0 Å². The Hall–Kier alpha value is -0.540. The topological polar surface area (TPSA) is 25.8 Å². The average molecular weight is 245 g/mol. The van der Waals surface area contributed by atoms with Crippen LogP contribution in [0.2, 0.25) is 0 Å². The summed E-state index contributed by atoms with van der Waals surface area (Å²) in [7, 11) is 0. The molecule has 0 heterocycles. The van der Waals surface area contributed by atoms with Gasteiger partial charge in [0.25, 0.3) is 0 Å². The lowest BCUT2D eigenvalue weighted by atomic mass is 10.3. The Balaban J connectivity index is 2.25. The summed E-state index contributed by atoms with van der Waals surface area (Å²) in [6, 6.07) is 7.91. The molecule has 0 atom stereocenters. The Morgan fingerprint density at radius 3 is 2.62 bits per heavy atom. The molecule has 0 saturated heterocycles. The molecular formula is C10H15BrNO+. The van der Waals surface area contributed by atoms with E-state index in [1.807, 2.05) is 24.3 Å². The van der Waals surface area contributed by atoms with Gasteiger partial charge >= 0.3 is 0 Å². The summed E-state index contributed by atoms with van der Waals surface area (Å²) in [6.07, 6.45) is 0. The highest BCUT2D eigenvalue weighted by atomic mass is 79.9. The molecule has 2 nitrogen and oxygen atoms in total. The van der Waals surface area contributed by atoms with Crippen LogP contribution in [0.5, 0.6) is 5.75 Å². The van der Waals surface area contributed by atoms with E-state index in [9.17, 15) is 0 Å². The first-order chi connectivity index (χ1) is 6.33. The Morgan fingerprint density at radius 2 is 2.00 bits per heavy atom. The molecule has 0 saturated carbocycles. The molecule has 1 aromatic carbocycles. The van der Waals surface area contributed by atoms with Gasteiger partial charge in [0.15, 0.2) is 0 Å². The highest BCUT2D eigenvalue weighted by Gasteiger charge is 1.93. The predicted molar refractivity (Wildman–Crippen MR) is 57.0 cm³/mol. The molecule has 72 valence electrons. The molecule has 1 rings (SSSR count). The van der Waals surface area contributed by atoms with Crippen LogP contribution in [0.25, 0.3) is 0 Å². The van der Waals surface area contributed by atoms with Crippen molar-refractivity contribution in [2.24, 2.45) is 0 Å². The van der Waals surface area contributed by atoms with Crippen molar-refractivity contribution in [3.8, 4) is 5.75 Å². The van der Waals surface area contributed by atoms with E-state index >= 15 is 0 Å². The van der Waals surface area contributed by atoms with E-state index in [0.29, 0.717) is 0 Å². The lowest BCUT2D eigenvalue weighted by molar-refractivity contribution is -0.652. The second kappa shape index (κ2) is 6.00. The SMILES string of the molecule is CC[NH2+]CCOc1ccc(Br)cc1. The lowest BCUT2D eigenvalue weighted by Crippen LogP contribution is -2.84. The van der Waals surface area contributed by atoms with Crippen LogP contribution in [-0.2, 0) is 0 Å². The summed E-state index contributed by atoms with van der Waals surface area (Å²) in [5.41, 5.74) is 0. The number of hydrogen-bond acceptors (Lipinski definition) is 1. The summed E-state index contributed by atoms with van der Waals surface area (Å²) >= 11 is 3.38. The number of ether oxygens (including phenoxy) is 1. The van der Waals surface area contributed by atoms with E-state index in [1.54, 1.807) is 0 Å². The van der Waals surface area contributed by atoms with Crippen LogP contribution in [-0.4, -0.2) is 19.7 Å². The van der Waals surface area contributed by atoms with Gasteiger partial charge < -0.3 is 10.1 Å². The zero-order valence-electron chi connectivity index (χ0n) is 7.79. The number of benzene rings is 1. The second-order valence-corrected chi connectivity index (χ2v) is 3.70. The van der Waals surface area contributed by atoms with Gasteiger partial charge in [0, 0.05) is 4.47 Å². The summed E-state index contributed by atoms with van der Waals surface area (Å²) in [6.45, 7) is 5.05. The maximum absolute atomic E-state index is 5.51. The zero-order chi connectivity index (χ0) is 9.52. The summed E-state index contributed by atoms with van der Waals surface area (Å²) in [5, 5.41) is 2.22. The third-order valence-corrected chi connectivity index (χ3v) is 2.22. The van der Waals surface area contributed by atoms with Crippen LogP contribution in [0.15, 0.2) is 28.7 Å². The van der Waals surface area contributed by atoms with Gasteiger partial charge in [0.1, 0.15) is 18.9 Å². The van der Waals surface area contributed by atoms with E-state index in [0.717, 1.165) is 29.9 Å². The largest absolute Gasteiger partial charge is 0.488 e. The molecule has 2 N–H and O–H groups in total. The molecule has 0 fully saturated rings. The molecule has 0 bridgehead atoms. The van der Waals surface area contributed by atoms with Crippen molar-refractivity contribution in [2.75, 3.05) is 19.7 Å². The molecule has 1 aromatic rings. The zero-order valence-corrected chi connectivity index (χ0v) is 9.38. The number of halogens is 1. The van der Waals surface area contributed by atoms with Crippen molar-refractivity contribution in [3.05, 3.63) is 28.7 Å². The average Bonchev–Trinajstić information content (AvgIpc) is 2.15. The van der Waals surface area contributed by atoms with E-state index in [-0.39, 0.29) is 0 Å². The number of quaternary nitrogens is 1. The van der Waals surface area contributed by atoms with Crippen LogP contribution >= 0.6 is 15.9 Å². The molecule has 0 aliphatic carbocycles. The molecule has 0 aliphatic rings. The standard InChI is InChI=1S/C10H14BrNO/c1-2-12-7-8-13-10-5-3-9(11)4-6-10/h3-6,12H,2,7-8H2,1H3/p+1. The quantitative estimate of drug-likeness (QED) is 0.780. The van der Waals surface area contributed by atoms with Crippen molar-refractivity contribution in [1.29, 1.82) is 0 Å². The van der Waals surface area contributed by atoms with Gasteiger partial charge in [0.2, 0.25) is 0 Å². The van der Waals surface area contributed by atoms with Gasteiger partial charge in [-0.15, -0.1) is 0 Å². The molecular weight excluding hydrogens is 230 g/mol. The minimum Gasteiger partial charge on any atom is -0.488 e. The highest BCUT2D eigenvalue weighted by Crippen LogP contribution is 2.15. The maximum Gasteiger partial charge on any atom is 0.137 e. The molecule has 13 heavy (non-hydrogen) atoms. The third-order valence-electron chi connectivity index (χ3n) is 1.69. The van der Waals surface area contributed by atoms with Crippen LogP contribution in [0, 0.1) is 0 Å². The Morgan fingerprint density at radius 1 is 1.31 bits per heavy atom. The van der Waals surface area contributed by atoms with E-state index in [2.05, 4.69) is 28.2 Å². The van der Waals surface area contributed by atoms with E-state index < -0.39 is 0 Å². The molecule has 3 heteroatoms. The van der Waals surface area contributed by atoms with Crippen molar-refractivity contribution in [2.45, 2.75) is 6.92 Å². The first-order valence-electron chi connectivity index (χ1n) is 4.53. The Kier molecular flexibility index (Phi) is 4.86. The van der Waals surface area contributed by atoms with Crippen LogP contribution in [0.1, 0.15) is 6.92 Å². The molecule has 0 aromatic heterocycles. The predicted octanol–water partition coefficient (Wildman–Crippen LogP) is 1.41. The van der Waals surface area contributed by atoms with Crippen molar-refractivity contribution >= 4 is 15.9 Å². The fraction of sp³-hybridized carbons (Fsp3) is 0.400. The smallest absolute Gasteiger partial charge is 0.137 e. The fourth-order valence-corrected chi connectivity index (χ4v) is 1.26. The molecule has 0 amide bonds. The Bertz CT molecular complexity index is 235. The normalized spacial score (nSPS) is 10.0. The van der Waals surface area contributed by atoms with E-state index in [1.165, 1.54) is 0 Å². The maximum atomic E-state index is 5.51. The van der Waals surface area contributed by atoms with E-state index in [4.69, 9.17) is 4.74 Å². The lowest BCUT2D eigenvalue weighted by Gasteiger charge is -2.04. The minimum atomic E-state index is 0.773. The summed E-state index contributed by atoms with van der Waals surface area (Å²) < 4.78 is 6.59. The number of nitrogens with two attached hydrogens (primary N) is 1. The van der Waals surface area contributed by atoms with Gasteiger partial charge in [0.05, 0.1) is 6.54 Å². The number of rotatable bonds is 5. The second-order valence-electron chi connectivity index (χ2n) is 2.79. The van der Waals surface area contributed by atoms with Crippen LogP contribution in [0.3, 0.4) is 0 Å². The fourth-order valence-electron chi connectivity index (χ4n) is 0.995. The van der Waals surface area contributed by atoms with Gasteiger partial charge in [-0.3, -0.25) is 0 Å². The first kappa shape index (κ1) is 10.5. The molecule has 0 radical (unpaired) electrons. The van der Waals surface area contributed by atoms with Gasteiger partial charge in [-0.05, 0) is 31.2 Å². The number of likely N-dealkylation sites (N-methyl/N-ethyl adjacent to an activating group) is 1. The van der Waals surface area contributed by atoms with Crippen molar-refractivity contribution in [1.82, 2.24) is 0 Å². The summed E-state index contributed by atoms with van der Waals surface area (Å²) in [5.74, 6) is 0.938. The molecule has 0 unspecified atom stereocenters.